The van der Waals surface area contributed by atoms with Crippen LogP contribution in [-0.4, -0.2) is 29.8 Å². The molecule has 0 bridgehead atoms. The summed E-state index contributed by atoms with van der Waals surface area (Å²) in [5.41, 5.74) is -0.425. The quantitative estimate of drug-likeness (QED) is 0.795. The summed E-state index contributed by atoms with van der Waals surface area (Å²) in [6, 6.07) is 1.16. The number of hydrogen-bond donors (Lipinski definition) is 2. The Morgan fingerprint density at radius 1 is 1.33 bits per heavy atom. The monoisotopic (exact) mass is 256 g/mol. The Balaban J connectivity index is 2.27. The van der Waals surface area contributed by atoms with Crippen molar-refractivity contribution in [2.75, 3.05) is 0 Å². The van der Waals surface area contributed by atoms with E-state index >= 15 is 0 Å². The van der Waals surface area contributed by atoms with Crippen molar-refractivity contribution in [1.82, 2.24) is 10.6 Å². The molecule has 3 unspecified atom stereocenters. The molecule has 1 amide bonds. The maximum absolute atomic E-state index is 11.6. The Labute approximate surface area is 111 Å². The van der Waals surface area contributed by atoms with Crippen molar-refractivity contribution in [2.24, 2.45) is 5.92 Å². The van der Waals surface area contributed by atoms with Crippen molar-refractivity contribution >= 4 is 6.09 Å². The molecule has 1 saturated carbocycles. The first kappa shape index (κ1) is 15.3. The molecule has 0 aromatic rings. The minimum absolute atomic E-state index is 0.229. The number of alkyl carbamates (subject to hydrolysis) is 1. The van der Waals surface area contributed by atoms with E-state index in [1.54, 1.807) is 0 Å². The van der Waals surface area contributed by atoms with Crippen LogP contribution in [0.3, 0.4) is 0 Å². The molecule has 0 spiro atoms. The standard InChI is InChI=1S/C14H28N2O2/c1-7-10(9(2)3)15-11-8-12(11)16-13(17)18-14(4,5)6/h9-12,15H,7-8H2,1-6H3,(H,16,17). The van der Waals surface area contributed by atoms with Crippen molar-refractivity contribution in [1.29, 1.82) is 0 Å². The van der Waals surface area contributed by atoms with Gasteiger partial charge in [0.2, 0.25) is 0 Å². The minimum Gasteiger partial charge on any atom is -0.444 e. The van der Waals surface area contributed by atoms with Crippen LogP contribution in [0.5, 0.6) is 0 Å². The molecule has 2 N–H and O–H groups in total. The Kier molecular flexibility index (Phi) is 5.02. The first-order valence-electron chi connectivity index (χ1n) is 6.98. The molecule has 4 nitrogen and oxygen atoms in total. The van der Waals surface area contributed by atoms with Crippen LogP contribution < -0.4 is 10.6 Å². The van der Waals surface area contributed by atoms with Gasteiger partial charge >= 0.3 is 6.09 Å². The largest absolute Gasteiger partial charge is 0.444 e. The number of rotatable bonds is 5. The summed E-state index contributed by atoms with van der Waals surface area (Å²) >= 11 is 0. The fraction of sp³-hybridized carbons (Fsp3) is 0.929. The maximum Gasteiger partial charge on any atom is 0.407 e. The van der Waals surface area contributed by atoms with E-state index in [-0.39, 0.29) is 12.1 Å². The second kappa shape index (κ2) is 5.91. The zero-order valence-corrected chi connectivity index (χ0v) is 12.5. The minimum atomic E-state index is -0.425. The van der Waals surface area contributed by atoms with Crippen molar-refractivity contribution in [3.8, 4) is 0 Å². The lowest BCUT2D eigenvalue weighted by Gasteiger charge is -2.22. The highest BCUT2D eigenvalue weighted by molar-refractivity contribution is 5.68. The summed E-state index contributed by atoms with van der Waals surface area (Å²) in [6.07, 6.45) is 1.81. The molecule has 0 aliphatic heterocycles. The molecule has 0 heterocycles. The predicted octanol–water partition coefficient (Wildman–Crippen LogP) is 2.68. The van der Waals surface area contributed by atoms with Crippen LogP contribution in [0.25, 0.3) is 0 Å². The molecule has 1 aliphatic carbocycles. The molecule has 18 heavy (non-hydrogen) atoms. The fourth-order valence-corrected chi connectivity index (χ4v) is 2.05. The first-order chi connectivity index (χ1) is 8.23. The second-order valence-electron chi connectivity index (χ2n) is 6.52. The van der Waals surface area contributed by atoms with Crippen LogP contribution in [-0.2, 0) is 4.74 Å². The molecule has 0 aromatic heterocycles. The third kappa shape index (κ3) is 5.25. The Hall–Kier alpha value is -0.770. The van der Waals surface area contributed by atoms with Gasteiger partial charge in [-0.2, -0.15) is 0 Å². The number of nitrogens with one attached hydrogen (secondary N) is 2. The van der Waals surface area contributed by atoms with E-state index in [9.17, 15) is 4.79 Å². The van der Waals surface area contributed by atoms with Gasteiger partial charge in [0.05, 0.1) is 0 Å². The average molecular weight is 256 g/mol. The second-order valence-corrected chi connectivity index (χ2v) is 6.52. The van der Waals surface area contributed by atoms with Crippen molar-refractivity contribution in [3.63, 3.8) is 0 Å². The number of ether oxygens (including phenoxy) is 1. The normalized spacial score (nSPS) is 24.8. The molecule has 1 fully saturated rings. The number of carbonyl (C=O) groups excluding carboxylic acids is 1. The molecular formula is C14H28N2O2. The molecule has 4 heteroatoms. The maximum atomic E-state index is 11.6. The Morgan fingerprint density at radius 3 is 2.39 bits per heavy atom. The van der Waals surface area contributed by atoms with Crippen molar-refractivity contribution in [2.45, 2.75) is 78.1 Å². The third-order valence-corrected chi connectivity index (χ3v) is 3.17. The van der Waals surface area contributed by atoms with Gasteiger partial charge in [-0.25, -0.2) is 4.79 Å². The van der Waals surface area contributed by atoms with E-state index in [4.69, 9.17) is 4.74 Å². The van der Waals surface area contributed by atoms with Crippen molar-refractivity contribution in [3.05, 3.63) is 0 Å². The van der Waals surface area contributed by atoms with Gasteiger partial charge < -0.3 is 15.4 Å². The number of amides is 1. The van der Waals surface area contributed by atoms with Crippen LogP contribution in [0.1, 0.15) is 54.4 Å². The van der Waals surface area contributed by atoms with Crippen LogP contribution in [0, 0.1) is 5.92 Å². The van der Waals surface area contributed by atoms with E-state index in [1.807, 2.05) is 20.8 Å². The molecular weight excluding hydrogens is 228 g/mol. The first-order valence-corrected chi connectivity index (χ1v) is 6.98. The lowest BCUT2D eigenvalue weighted by atomic mass is 10.0. The highest BCUT2D eigenvalue weighted by Crippen LogP contribution is 2.24. The van der Waals surface area contributed by atoms with Crippen LogP contribution in [0.4, 0.5) is 4.79 Å². The van der Waals surface area contributed by atoms with Gasteiger partial charge in [0.1, 0.15) is 5.60 Å². The number of carbonyl (C=O) groups is 1. The van der Waals surface area contributed by atoms with Gasteiger partial charge in [-0.1, -0.05) is 20.8 Å². The molecule has 0 saturated heterocycles. The molecule has 106 valence electrons. The predicted molar refractivity (Wildman–Crippen MR) is 73.6 cm³/mol. The van der Waals surface area contributed by atoms with Gasteiger partial charge in [0.15, 0.2) is 0 Å². The van der Waals surface area contributed by atoms with Gasteiger partial charge in [-0.15, -0.1) is 0 Å². The van der Waals surface area contributed by atoms with E-state index in [2.05, 4.69) is 31.4 Å². The van der Waals surface area contributed by atoms with Crippen LogP contribution >= 0.6 is 0 Å². The van der Waals surface area contributed by atoms with Gasteiger partial charge in [-0.05, 0) is 39.5 Å². The number of hydrogen-bond acceptors (Lipinski definition) is 3. The van der Waals surface area contributed by atoms with E-state index < -0.39 is 5.60 Å². The van der Waals surface area contributed by atoms with Crippen molar-refractivity contribution < 1.29 is 9.53 Å². The molecule has 0 radical (unpaired) electrons. The SMILES string of the molecule is CCC(NC1CC1NC(=O)OC(C)(C)C)C(C)C. The highest BCUT2D eigenvalue weighted by Gasteiger charge is 2.40. The Bertz CT molecular complexity index is 284. The van der Waals surface area contributed by atoms with E-state index in [0.717, 1.165) is 12.8 Å². The Morgan fingerprint density at radius 2 is 1.94 bits per heavy atom. The van der Waals surface area contributed by atoms with Crippen LogP contribution in [0.15, 0.2) is 0 Å². The molecule has 1 aliphatic rings. The average Bonchev–Trinajstić information content (AvgIpc) is 2.88. The van der Waals surface area contributed by atoms with Gasteiger partial charge in [0, 0.05) is 18.1 Å². The molecule has 0 aromatic carbocycles. The summed E-state index contributed by atoms with van der Waals surface area (Å²) in [5.74, 6) is 0.623. The van der Waals surface area contributed by atoms with E-state index in [0.29, 0.717) is 18.0 Å². The third-order valence-electron chi connectivity index (χ3n) is 3.17. The zero-order valence-electron chi connectivity index (χ0n) is 12.5. The van der Waals surface area contributed by atoms with Gasteiger partial charge in [-0.3, -0.25) is 0 Å². The fourth-order valence-electron chi connectivity index (χ4n) is 2.05. The summed E-state index contributed by atoms with van der Waals surface area (Å²) in [5, 5.41) is 6.49. The summed E-state index contributed by atoms with van der Waals surface area (Å²) in [6.45, 7) is 12.3. The van der Waals surface area contributed by atoms with Gasteiger partial charge in [0.25, 0.3) is 0 Å². The summed E-state index contributed by atoms with van der Waals surface area (Å²) in [4.78, 5) is 11.6. The summed E-state index contributed by atoms with van der Waals surface area (Å²) < 4.78 is 5.24. The molecule has 3 atom stereocenters. The highest BCUT2D eigenvalue weighted by atomic mass is 16.6. The molecule has 1 rings (SSSR count). The smallest absolute Gasteiger partial charge is 0.407 e. The lowest BCUT2D eigenvalue weighted by Crippen LogP contribution is -2.40. The van der Waals surface area contributed by atoms with Crippen LogP contribution in [0.2, 0.25) is 0 Å². The zero-order chi connectivity index (χ0) is 13.9. The summed E-state index contributed by atoms with van der Waals surface area (Å²) in [7, 11) is 0. The lowest BCUT2D eigenvalue weighted by molar-refractivity contribution is 0.0521. The topological polar surface area (TPSA) is 50.4 Å². The van der Waals surface area contributed by atoms with E-state index in [1.165, 1.54) is 0 Å².